The van der Waals surface area contributed by atoms with E-state index >= 15 is 0 Å². The number of urea groups is 1. The van der Waals surface area contributed by atoms with Crippen LogP contribution in [0, 0.1) is 25.2 Å². The summed E-state index contributed by atoms with van der Waals surface area (Å²) in [6.45, 7) is 4.00. The number of amides is 2. The van der Waals surface area contributed by atoms with Crippen molar-refractivity contribution in [2.75, 3.05) is 11.9 Å². The lowest BCUT2D eigenvalue weighted by molar-refractivity contribution is 0.253. The topological polar surface area (TPSA) is 64.9 Å². The van der Waals surface area contributed by atoms with Crippen molar-refractivity contribution in [3.63, 3.8) is 0 Å². The molecule has 0 spiro atoms. The highest BCUT2D eigenvalue weighted by molar-refractivity contribution is 5.89. The Bertz CT molecular complexity index is 407. The van der Waals surface area contributed by atoms with E-state index in [2.05, 4.69) is 10.6 Å². The van der Waals surface area contributed by atoms with E-state index in [1.165, 1.54) is 5.56 Å². The van der Waals surface area contributed by atoms with Crippen LogP contribution < -0.4 is 10.6 Å². The monoisotopic (exact) mass is 203 g/mol. The second kappa shape index (κ2) is 5.01. The van der Waals surface area contributed by atoms with Crippen molar-refractivity contribution in [3.8, 4) is 6.07 Å². The standard InChI is InChI=1S/C11H13N3O/c1-8-3-4-10(7-9(8)2)14-11(15)13-6-5-12/h3-4,7H,6H2,1-2H3,(H2,13,14,15). The second-order valence-electron chi connectivity index (χ2n) is 3.26. The molecule has 4 nitrogen and oxygen atoms in total. The molecule has 78 valence electrons. The van der Waals surface area contributed by atoms with E-state index in [-0.39, 0.29) is 12.6 Å². The lowest BCUT2D eigenvalue weighted by Gasteiger charge is -2.07. The number of rotatable bonds is 2. The van der Waals surface area contributed by atoms with Crippen LogP contribution in [0.1, 0.15) is 11.1 Å². The van der Waals surface area contributed by atoms with Crippen molar-refractivity contribution in [3.05, 3.63) is 29.3 Å². The Morgan fingerprint density at radius 2 is 2.13 bits per heavy atom. The van der Waals surface area contributed by atoms with Gasteiger partial charge in [0.25, 0.3) is 0 Å². The van der Waals surface area contributed by atoms with Gasteiger partial charge < -0.3 is 10.6 Å². The van der Waals surface area contributed by atoms with Gasteiger partial charge in [0.2, 0.25) is 0 Å². The first-order chi connectivity index (χ1) is 7.13. The lowest BCUT2D eigenvalue weighted by Crippen LogP contribution is -2.28. The summed E-state index contributed by atoms with van der Waals surface area (Å²) in [5.74, 6) is 0. The minimum Gasteiger partial charge on any atom is -0.325 e. The van der Waals surface area contributed by atoms with E-state index in [1.54, 1.807) is 0 Å². The van der Waals surface area contributed by atoms with Crippen molar-refractivity contribution in [2.45, 2.75) is 13.8 Å². The van der Waals surface area contributed by atoms with Gasteiger partial charge in [-0.15, -0.1) is 0 Å². The number of hydrogen-bond donors (Lipinski definition) is 2. The van der Waals surface area contributed by atoms with Gasteiger partial charge in [0.1, 0.15) is 6.54 Å². The predicted molar refractivity (Wildman–Crippen MR) is 58.6 cm³/mol. The summed E-state index contributed by atoms with van der Waals surface area (Å²) in [6, 6.07) is 7.13. The smallest absolute Gasteiger partial charge is 0.320 e. The SMILES string of the molecule is Cc1ccc(NC(=O)NCC#N)cc1C. The maximum absolute atomic E-state index is 11.2. The minimum absolute atomic E-state index is 0.0106. The van der Waals surface area contributed by atoms with E-state index < -0.39 is 0 Å². The highest BCUT2D eigenvalue weighted by Gasteiger charge is 2.01. The maximum Gasteiger partial charge on any atom is 0.320 e. The molecule has 0 fully saturated rings. The third kappa shape index (κ3) is 3.31. The second-order valence-corrected chi connectivity index (χ2v) is 3.26. The van der Waals surface area contributed by atoms with Crippen LogP contribution in [0.3, 0.4) is 0 Å². The third-order valence-corrected chi connectivity index (χ3v) is 2.09. The van der Waals surface area contributed by atoms with Gasteiger partial charge in [0, 0.05) is 5.69 Å². The van der Waals surface area contributed by atoms with Crippen LogP contribution in [0.4, 0.5) is 10.5 Å². The molecule has 1 rings (SSSR count). The number of aryl methyl sites for hydroxylation is 2. The van der Waals surface area contributed by atoms with Crippen LogP contribution in [0.5, 0.6) is 0 Å². The molecule has 0 aliphatic rings. The van der Waals surface area contributed by atoms with Crippen molar-refractivity contribution < 1.29 is 4.79 Å². The van der Waals surface area contributed by atoms with Crippen molar-refractivity contribution >= 4 is 11.7 Å². The molecule has 2 N–H and O–H groups in total. The van der Waals surface area contributed by atoms with Crippen LogP contribution in [0.15, 0.2) is 18.2 Å². The number of benzene rings is 1. The molecule has 0 aromatic heterocycles. The minimum atomic E-state index is -0.361. The molecular weight excluding hydrogens is 190 g/mol. The van der Waals surface area contributed by atoms with Gasteiger partial charge in [-0.05, 0) is 37.1 Å². The first-order valence-corrected chi connectivity index (χ1v) is 4.62. The van der Waals surface area contributed by atoms with Crippen LogP contribution in [0.25, 0.3) is 0 Å². The Hall–Kier alpha value is -2.02. The highest BCUT2D eigenvalue weighted by atomic mass is 16.2. The molecule has 0 radical (unpaired) electrons. The Morgan fingerprint density at radius 1 is 1.40 bits per heavy atom. The molecule has 4 heteroatoms. The molecule has 0 aliphatic carbocycles. The number of anilines is 1. The molecule has 0 unspecified atom stereocenters. The molecule has 1 aromatic carbocycles. The first kappa shape index (κ1) is 11.1. The summed E-state index contributed by atoms with van der Waals surface area (Å²) in [5.41, 5.74) is 3.03. The average molecular weight is 203 g/mol. The van der Waals surface area contributed by atoms with Crippen LogP contribution in [0.2, 0.25) is 0 Å². The van der Waals surface area contributed by atoms with Gasteiger partial charge in [0.05, 0.1) is 6.07 Å². The number of carbonyl (C=O) groups excluding carboxylic acids is 1. The summed E-state index contributed by atoms with van der Waals surface area (Å²) in [5, 5.41) is 13.3. The molecule has 0 atom stereocenters. The largest absolute Gasteiger partial charge is 0.325 e. The molecule has 0 heterocycles. The summed E-state index contributed by atoms with van der Waals surface area (Å²) in [4.78, 5) is 11.2. The highest BCUT2D eigenvalue weighted by Crippen LogP contribution is 2.13. The van der Waals surface area contributed by atoms with E-state index in [0.717, 1.165) is 11.3 Å². The fraction of sp³-hybridized carbons (Fsp3) is 0.273. The van der Waals surface area contributed by atoms with Gasteiger partial charge in [0.15, 0.2) is 0 Å². The molecular formula is C11H13N3O. The molecule has 15 heavy (non-hydrogen) atoms. The predicted octanol–water partition coefficient (Wildman–Crippen LogP) is 1.95. The molecule has 0 saturated heterocycles. The zero-order valence-corrected chi connectivity index (χ0v) is 8.79. The number of nitriles is 1. The van der Waals surface area contributed by atoms with Gasteiger partial charge >= 0.3 is 6.03 Å². The number of nitrogens with zero attached hydrogens (tertiary/aromatic N) is 1. The maximum atomic E-state index is 11.2. The zero-order chi connectivity index (χ0) is 11.3. The number of hydrogen-bond acceptors (Lipinski definition) is 2. The fourth-order valence-corrected chi connectivity index (χ4v) is 1.11. The summed E-state index contributed by atoms with van der Waals surface area (Å²) < 4.78 is 0. The van der Waals surface area contributed by atoms with Gasteiger partial charge in [-0.25, -0.2) is 4.79 Å². The Labute approximate surface area is 88.9 Å². The van der Waals surface area contributed by atoms with Crippen molar-refractivity contribution in [1.82, 2.24) is 5.32 Å². The lowest BCUT2D eigenvalue weighted by atomic mass is 10.1. The number of nitrogens with one attached hydrogen (secondary N) is 2. The van der Waals surface area contributed by atoms with Gasteiger partial charge in [-0.3, -0.25) is 0 Å². The zero-order valence-electron chi connectivity index (χ0n) is 8.79. The van der Waals surface area contributed by atoms with Crippen LogP contribution in [-0.2, 0) is 0 Å². The van der Waals surface area contributed by atoms with E-state index in [0.29, 0.717) is 0 Å². The molecule has 0 saturated carbocycles. The molecule has 1 aromatic rings. The summed E-state index contributed by atoms with van der Waals surface area (Å²) in [7, 11) is 0. The number of carbonyl (C=O) groups is 1. The first-order valence-electron chi connectivity index (χ1n) is 4.62. The van der Waals surface area contributed by atoms with E-state index in [1.807, 2.05) is 38.1 Å². The van der Waals surface area contributed by atoms with E-state index in [4.69, 9.17) is 5.26 Å². The molecule has 2 amide bonds. The third-order valence-electron chi connectivity index (χ3n) is 2.09. The van der Waals surface area contributed by atoms with Crippen LogP contribution >= 0.6 is 0 Å². The molecule has 0 bridgehead atoms. The Balaban J connectivity index is 2.62. The van der Waals surface area contributed by atoms with Crippen molar-refractivity contribution in [1.29, 1.82) is 5.26 Å². The average Bonchev–Trinajstić information content (AvgIpc) is 2.20. The van der Waals surface area contributed by atoms with E-state index in [9.17, 15) is 4.79 Å². The summed E-state index contributed by atoms with van der Waals surface area (Å²) >= 11 is 0. The molecule has 0 aliphatic heterocycles. The van der Waals surface area contributed by atoms with Crippen molar-refractivity contribution in [2.24, 2.45) is 0 Å². The summed E-state index contributed by atoms with van der Waals surface area (Å²) in [6.07, 6.45) is 0. The Kier molecular flexibility index (Phi) is 3.69. The fourth-order valence-electron chi connectivity index (χ4n) is 1.11. The van der Waals surface area contributed by atoms with Gasteiger partial charge in [-0.2, -0.15) is 5.26 Å². The van der Waals surface area contributed by atoms with Crippen LogP contribution in [-0.4, -0.2) is 12.6 Å². The quantitative estimate of drug-likeness (QED) is 0.721. The Morgan fingerprint density at radius 3 is 2.73 bits per heavy atom. The van der Waals surface area contributed by atoms with Gasteiger partial charge in [-0.1, -0.05) is 6.07 Å². The normalized spacial score (nSPS) is 9.13.